The van der Waals surface area contributed by atoms with Crippen molar-refractivity contribution in [1.29, 1.82) is 0 Å². The van der Waals surface area contributed by atoms with Crippen LogP contribution in [0.5, 0.6) is 5.75 Å². The van der Waals surface area contributed by atoms with Crippen molar-refractivity contribution in [3.63, 3.8) is 0 Å². The molecule has 0 aliphatic rings. The fourth-order valence-electron chi connectivity index (χ4n) is 2.95. The molecule has 156 valence electrons. The molecule has 0 unspecified atom stereocenters. The van der Waals surface area contributed by atoms with Gasteiger partial charge in [0.2, 0.25) is 5.78 Å². The molecule has 0 saturated heterocycles. The molecular formula is C24H20ClN3O2S. The van der Waals surface area contributed by atoms with Gasteiger partial charge in [-0.25, -0.2) is 4.98 Å². The van der Waals surface area contributed by atoms with E-state index in [4.69, 9.17) is 16.3 Å². The van der Waals surface area contributed by atoms with Crippen molar-refractivity contribution in [3.8, 4) is 5.75 Å². The van der Waals surface area contributed by atoms with Gasteiger partial charge < -0.3 is 15.4 Å². The molecule has 0 aliphatic carbocycles. The Morgan fingerprint density at radius 2 is 1.81 bits per heavy atom. The number of benzene rings is 3. The predicted molar refractivity (Wildman–Crippen MR) is 127 cm³/mol. The first-order valence-corrected chi connectivity index (χ1v) is 10.8. The molecule has 5 nitrogen and oxygen atoms in total. The van der Waals surface area contributed by atoms with Crippen LogP contribution in [0.4, 0.5) is 16.6 Å². The van der Waals surface area contributed by atoms with E-state index in [0.29, 0.717) is 38.8 Å². The highest BCUT2D eigenvalue weighted by Crippen LogP contribution is 2.32. The number of aromatic nitrogens is 1. The van der Waals surface area contributed by atoms with Crippen LogP contribution in [0.1, 0.15) is 20.8 Å². The lowest BCUT2D eigenvalue weighted by molar-refractivity contribution is 0.104. The maximum atomic E-state index is 13.2. The Balaban J connectivity index is 1.52. The minimum Gasteiger partial charge on any atom is -0.489 e. The number of carbonyl (C=O) groups is 1. The zero-order chi connectivity index (χ0) is 21.6. The highest BCUT2D eigenvalue weighted by Gasteiger charge is 2.20. The average Bonchev–Trinajstić information content (AvgIpc) is 3.22. The van der Waals surface area contributed by atoms with Gasteiger partial charge in [-0.2, -0.15) is 0 Å². The zero-order valence-corrected chi connectivity index (χ0v) is 18.3. The summed E-state index contributed by atoms with van der Waals surface area (Å²) in [6.45, 7) is 0.440. The maximum absolute atomic E-state index is 13.2. The van der Waals surface area contributed by atoms with Crippen molar-refractivity contribution in [2.24, 2.45) is 0 Å². The van der Waals surface area contributed by atoms with E-state index in [0.717, 1.165) is 11.3 Å². The summed E-state index contributed by atoms with van der Waals surface area (Å²) in [5.41, 5.74) is 2.46. The molecule has 1 aromatic heterocycles. The van der Waals surface area contributed by atoms with Gasteiger partial charge in [-0.05, 0) is 42.0 Å². The maximum Gasteiger partial charge on any atom is 0.206 e. The van der Waals surface area contributed by atoms with Crippen LogP contribution in [0.15, 0.2) is 78.9 Å². The van der Waals surface area contributed by atoms with Crippen LogP contribution in [0, 0.1) is 0 Å². The number of anilines is 3. The third-order valence-electron chi connectivity index (χ3n) is 4.51. The molecule has 0 atom stereocenters. The third kappa shape index (κ3) is 5.23. The van der Waals surface area contributed by atoms with Crippen LogP contribution in [-0.4, -0.2) is 17.8 Å². The Labute approximate surface area is 189 Å². The summed E-state index contributed by atoms with van der Waals surface area (Å²) in [7, 11) is 1.75. The molecule has 4 rings (SSSR count). The normalized spacial score (nSPS) is 10.5. The van der Waals surface area contributed by atoms with E-state index >= 15 is 0 Å². The van der Waals surface area contributed by atoms with E-state index < -0.39 is 0 Å². The molecule has 0 bridgehead atoms. The number of nitrogens with one attached hydrogen (secondary N) is 2. The fraction of sp³-hybridized carbons (Fsp3) is 0.0833. The van der Waals surface area contributed by atoms with Crippen molar-refractivity contribution in [2.75, 3.05) is 17.7 Å². The molecule has 0 radical (unpaired) electrons. The van der Waals surface area contributed by atoms with Crippen LogP contribution in [-0.2, 0) is 6.61 Å². The van der Waals surface area contributed by atoms with Crippen molar-refractivity contribution >= 4 is 45.4 Å². The van der Waals surface area contributed by atoms with Crippen molar-refractivity contribution < 1.29 is 9.53 Å². The molecule has 3 aromatic carbocycles. The number of rotatable bonds is 8. The number of hydrogen-bond donors (Lipinski definition) is 2. The molecule has 4 aromatic rings. The van der Waals surface area contributed by atoms with Gasteiger partial charge in [-0.3, -0.25) is 4.79 Å². The standard InChI is InChI=1S/C24H20ClN3O2S/c1-26-23-22(31-24(28-23)27-19-12-10-18(25)11-13-19)21(29)17-8-5-9-20(14-17)30-15-16-6-3-2-4-7-16/h2-14,26H,15H2,1H3,(H,27,28). The number of carbonyl (C=O) groups excluding carboxylic acids is 1. The van der Waals surface area contributed by atoms with Crippen molar-refractivity contribution in [2.45, 2.75) is 6.61 Å². The van der Waals surface area contributed by atoms with E-state index in [2.05, 4.69) is 15.6 Å². The highest BCUT2D eigenvalue weighted by molar-refractivity contribution is 7.18. The molecule has 2 N–H and O–H groups in total. The lowest BCUT2D eigenvalue weighted by Gasteiger charge is -2.08. The van der Waals surface area contributed by atoms with Crippen molar-refractivity contribution in [3.05, 3.63) is 99.9 Å². The molecule has 0 saturated carbocycles. The largest absolute Gasteiger partial charge is 0.489 e. The summed E-state index contributed by atoms with van der Waals surface area (Å²) < 4.78 is 5.87. The zero-order valence-electron chi connectivity index (χ0n) is 16.8. The summed E-state index contributed by atoms with van der Waals surface area (Å²) >= 11 is 7.23. The topological polar surface area (TPSA) is 63.2 Å². The Kier molecular flexibility index (Phi) is 6.50. The van der Waals surface area contributed by atoms with E-state index in [1.165, 1.54) is 11.3 Å². The van der Waals surface area contributed by atoms with Crippen LogP contribution in [0.25, 0.3) is 0 Å². The molecule has 0 aliphatic heterocycles. The predicted octanol–water partition coefficient (Wildman–Crippen LogP) is 6.39. The molecule has 0 fully saturated rings. The molecular weight excluding hydrogens is 430 g/mol. The molecule has 1 heterocycles. The van der Waals surface area contributed by atoms with E-state index in [9.17, 15) is 4.79 Å². The number of nitrogens with zero attached hydrogens (tertiary/aromatic N) is 1. The highest BCUT2D eigenvalue weighted by atomic mass is 35.5. The molecule has 0 spiro atoms. The summed E-state index contributed by atoms with van der Waals surface area (Å²) in [6, 6.07) is 24.4. The SMILES string of the molecule is CNc1nc(Nc2ccc(Cl)cc2)sc1C(=O)c1cccc(OCc2ccccc2)c1. The number of ether oxygens (including phenoxy) is 1. The second-order valence-corrected chi connectivity index (χ2v) is 8.15. The van der Waals surface area contributed by atoms with Gasteiger partial charge in [0.1, 0.15) is 17.2 Å². The second-order valence-electron chi connectivity index (χ2n) is 6.71. The third-order valence-corrected chi connectivity index (χ3v) is 5.73. The quantitative estimate of drug-likeness (QED) is 0.305. The Morgan fingerprint density at radius 1 is 1.03 bits per heavy atom. The first kappa shape index (κ1) is 20.9. The molecule has 0 amide bonds. The fourth-order valence-corrected chi connectivity index (χ4v) is 4.03. The smallest absolute Gasteiger partial charge is 0.206 e. The Hall–Kier alpha value is -3.35. The monoisotopic (exact) mass is 449 g/mol. The van der Waals surface area contributed by atoms with E-state index in [1.54, 1.807) is 31.3 Å². The lowest BCUT2D eigenvalue weighted by atomic mass is 10.1. The average molecular weight is 450 g/mol. The minimum atomic E-state index is -0.115. The summed E-state index contributed by atoms with van der Waals surface area (Å²) in [6.07, 6.45) is 0. The van der Waals surface area contributed by atoms with Crippen molar-refractivity contribution in [1.82, 2.24) is 4.98 Å². The Bertz CT molecular complexity index is 1180. The number of ketones is 1. The first-order valence-electron chi connectivity index (χ1n) is 9.65. The van der Waals surface area contributed by atoms with Gasteiger partial charge in [0.15, 0.2) is 10.9 Å². The van der Waals surface area contributed by atoms with Gasteiger partial charge in [0.05, 0.1) is 0 Å². The number of halogens is 1. The number of thiazole rings is 1. The van der Waals surface area contributed by atoms with Gasteiger partial charge >= 0.3 is 0 Å². The van der Waals surface area contributed by atoms with Crippen LogP contribution >= 0.6 is 22.9 Å². The van der Waals surface area contributed by atoms with Gasteiger partial charge in [-0.15, -0.1) is 0 Å². The van der Waals surface area contributed by atoms with Crippen LogP contribution in [0.2, 0.25) is 5.02 Å². The first-order chi connectivity index (χ1) is 15.1. The second kappa shape index (κ2) is 9.64. The van der Waals surface area contributed by atoms with Crippen LogP contribution < -0.4 is 15.4 Å². The minimum absolute atomic E-state index is 0.115. The molecule has 7 heteroatoms. The van der Waals surface area contributed by atoms with E-state index in [1.807, 2.05) is 54.6 Å². The van der Waals surface area contributed by atoms with E-state index in [-0.39, 0.29) is 5.78 Å². The van der Waals surface area contributed by atoms with Gasteiger partial charge in [0, 0.05) is 23.3 Å². The summed E-state index contributed by atoms with van der Waals surface area (Å²) in [5, 5.41) is 7.50. The van der Waals surface area contributed by atoms with Gasteiger partial charge in [-0.1, -0.05) is 65.4 Å². The summed E-state index contributed by atoms with van der Waals surface area (Å²) in [4.78, 5) is 18.2. The number of hydrogen-bond acceptors (Lipinski definition) is 6. The molecule has 31 heavy (non-hydrogen) atoms. The van der Waals surface area contributed by atoms with Crippen LogP contribution in [0.3, 0.4) is 0 Å². The van der Waals surface area contributed by atoms with Gasteiger partial charge in [0.25, 0.3) is 0 Å². The lowest BCUT2D eigenvalue weighted by Crippen LogP contribution is -2.03. The summed E-state index contributed by atoms with van der Waals surface area (Å²) in [5.74, 6) is 1.06. The Morgan fingerprint density at radius 3 is 2.55 bits per heavy atom.